The van der Waals surface area contributed by atoms with E-state index in [4.69, 9.17) is 5.73 Å². The Hall–Kier alpha value is -1.60. The van der Waals surface area contributed by atoms with Crippen LogP contribution in [0.3, 0.4) is 0 Å². The van der Waals surface area contributed by atoms with Gasteiger partial charge >= 0.3 is 0 Å². The number of pyridine rings is 1. The zero-order valence-electron chi connectivity index (χ0n) is 7.99. The van der Waals surface area contributed by atoms with Crippen LogP contribution in [0.2, 0.25) is 0 Å². The number of hydrogen-bond donors (Lipinski definition) is 1. The van der Waals surface area contributed by atoms with Crippen LogP contribution in [0.15, 0.2) is 38.9 Å². The second-order valence-electron chi connectivity index (χ2n) is 2.88. The monoisotopic (exact) mass is 253 g/mol. The van der Waals surface area contributed by atoms with Crippen molar-refractivity contribution in [2.24, 2.45) is 0 Å². The third kappa shape index (κ3) is 2.50. The van der Waals surface area contributed by atoms with E-state index in [1.807, 2.05) is 17.5 Å². The van der Waals surface area contributed by atoms with Gasteiger partial charge in [0.2, 0.25) is 0 Å². The number of nitrogens with zero attached hydrogens (tertiary/aromatic N) is 2. The molecule has 0 aliphatic heterocycles. The standard InChI is InChI=1S/C9H7N3O2S2/c10-7-4-6(12(13)14)5-8(11-7)16-9-2-1-3-15-9/h1-5H,(H2,10,11). The topological polar surface area (TPSA) is 82.0 Å². The molecule has 0 fully saturated rings. The lowest BCUT2D eigenvalue weighted by molar-refractivity contribution is -0.385. The molecule has 0 aromatic carbocycles. The molecule has 0 aliphatic carbocycles. The van der Waals surface area contributed by atoms with Crippen LogP contribution in [0.25, 0.3) is 0 Å². The molecule has 0 aliphatic rings. The van der Waals surface area contributed by atoms with Crippen molar-refractivity contribution in [2.75, 3.05) is 5.73 Å². The number of nitrogens with two attached hydrogens (primary N) is 1. The Morgan fingerprint density at radius 3 is 2.94 bits per heavy atom. The van der Waals surface area contributed by atoms with Gasteiger partial charge in [0, 0.05) is 6.07 Å². The van der Waals surface area contributed by atoms with Crippen molar-refractivity contribution >= 4 is 34.6 Å². The van der Waals surface area contributed by atoms with Crippen LogP contribution >= 0.6 is 23.1 Å². The normalized spacial score (nSPS) is 10.2. The molecular weight excluding hydrogens is 246 g/mol. The van der Waals surface area contributed by atoms with Crippen LogP contribution in [-0.4, -0.2) is 9.91 Å². The fraction of sp³-hybridized carbons (Fsp3) is 0. The largest absolute Gasteiger partial charge is 0.383 e. The molecule has 5 nitrogen and oxygen atoms in total. The highest BCUT2D eigenvalue weighted by atomic mass is 32.2. The van der Waals surface area contributed by atoms with Gasteiger partial charge < -0.3 is 5.73 Å². The Kier molecular flexibility index (Phi) is 3.07. The number of nitro groups is 1. The van der Waals surface area contributed by atoms with Gasteiger partial charge in [0.1, 0.15) is 10.8 Å². The summed E-state index contributed by atoms with van der Waals surface area (Å²) in [6.45, 7) is 0. The molecule has 0 saturated carbocycles. The van der Waals surface area contributed by atoms with Crippen molar-refractivity contribution in [3.05, 3.63) is 39.8 Å². The molecule has 0 radical (unpaired) electrons. The SMILES string of the molecule is Nc1cc([N+](=O)[O-])cc(Sc2cccs2)n1. The third-order valence-electron chi connectivity index (χ3n) is 1.72. The lowest BCUT2D eigenvalue weighted by atomic mass is 10.4. The number of hydrogen-bond acceptors (Lipinski definition) is 6. The van der Waals surface area contributed by atoms with Crippen molar-refractivity contribution in [3.8, 4) is 0 Å². The van der Waals surface area contributed by atoms with E-state index in [1.54, 1.807) is 11.3 Å². The molecular formula is C9H7N3O2S2. The number of nitrogen functional groups attached to an aromatic ring is 1. The second-order valence-corrected chi connectivity index (χ2v) is 5.15. The quantitative estimate of drug-likeness (QED) is 0.671. The number of rotatable bonds is 3. The Balaban J connectivity index is 2.31. The fourth-order valence-electron chi connectivity index (χ4n) is 1.09. The fourth-order valence-corrected chi connectivity index (χ4v) is 2.84. The van der Waals surface area contributed by atoms with Gasteiger partial charge in [-0.25, -0.2) is 4.98 Å². The van der Waals surface area contributed by atoms with Gasteiger partial charge in [-0.1, -0.05) is 17.8 Å². The van der Waals surface area contributed by atoms with E-state index < -0.39 is 4.92 Å². The van der Waals surface area contributed by atoms with E-state index in [0.717, 1.165) is 4.21 Å². The highest BCUT2D eigenvalue weighted by Crippen LogP contribution is 2.32. The highest BCUT2D eigenvalue weighted by molar-refractivity contribution is 8.01. The van der Waals surface area contributed by atoms with E-state index in [-0.39, 0.29) is 11.5 Å². The minimum absolute atomic E-state index is 0.0356. The summed E-state index contributed by atoms with van der Waals surface area (Å²) in [5.41, 5.74) is 5.47. The van der Waals surface area contributed by atoms with Crippen LogP contribution in [0.5, 0.6) is 0 Å². The predicted octanol–water partition coefficient (Wildman–Crippen LogP) is 2.78. The lowest BCUT2D eigenvalue weighted by Gasteiger charge is -1.99. The maximum absolute atomic E-state index is 10.6. The molecule has 0 spiro atoms. The molecule has 0 atom stereocenters. The smallest absolute Gasteiger partial charge is 0.275 e. The maximum Gasteiger partial charge on any atom is 0.275 e. The zero-order chi connectivity index (χ0) is 11.5. The Morgan fingerprint density at radius 2 is 2.31 bits per heavy atom. The third-order valence-corrected chi connectivity index (χ3v) is 3.67. The highest BCUT2D eigenvalue weighted by Gasteiger charge is 2.10. The molecule has 7 heteroatoms. The van der Waals surface area contributed by atoms with Crippen LogP contribution in [-0.2, 0) is 0 Å². The molecule has 0 unspecified atom stereocenters. The average molecular weight is 253 g/mol. The van der Waals surface area contributed by atoms with E-state index in [0.29, 0.717) is 5.03 Å². The first-order valence-corrected chi connectivity index (χ1v) is 5.98. The lowest BCUT2D eigenvalue weighted by Crippen LogP contribution is -1.95. The average Bonchev–Trinajstić information content (AvgIpc) is 2.69. The molecule has 0 amide bonds. The van der Waals surface area contributed by atoms with E-state index in [2.05, 4.69) is 4.98 Å². The van der Waals surface area contributed by atoms with E-state index in [1.165, 1.54) is 23.9 Å². The minimum atomic E-state index is -0.476. The summed E-state index contributed by atoms with van der Waals surface area (Å²) in [7, 11) is 0. The molecule has 0 bridgehead atoms. The van der Waals surface area contributed by atoms with Crippen molar-refractivity contribution < 1.29 is 4.92 Å². The van der Waals surface area contributed by atoms with Gasteiger partial charge in [0.15, 0.2) is 0 Å². The molecule has 2 aromatic rings. The summed E-state index contributed by atoms with van der Waals surface area (Å²) in [5.74, 6) is 0.160. The van der Waals surface area contributed by atoms with Crippen LogP contribution in [0, 0.1) is 10.1 Å². The molecule has 2 rings (SSSR count). The first-order valence-electron chi connectivity index (χ1n) is 4.28. The summed E-state index contributed by atoms with van der Waals surface area (Å²) in [5, 5.41) is 13.1. The molecule has 2 N–H and O–H groups in total. The first-order chi connectivity index (χ1) is 7.65. The van der Waals surface area contributed by atoms with Crippen molar-refractivity contribution in [1.82, 2.24) is 4.98 Å². The first kappa shape index (κ1) is 10.9. The van der Waals surface area contributed by atoms with Crippen molar-refractivity contribution in [2.45, 2.75) is 9.24 Å². The van der Waals surface area contributed by atoms with Crippen LogP contribution < -0.4 is 5.73 Å². The number of anilines is 1. The Labute approximate surface area is 99.5 Å². The summed E-state index contributed by atoms with van der Waals surface area (Å²) < 4.78 is 1.02. The predicted molar refractivity (Wildman–Crippen MR) is 63.7 cm³/mol. The van der Waals surface area contributed by atoms with Gasteiger partial charge in [0.25, 0.3) is 5.69 Å². The van der Waals surface area contributed by atoms with Gasteiger partial charge in [-0.3, -0.25) is 10.1 Å². The minimum Gasteiger partial charge on any atom is -0.383 e. The zero-order valence-corrected chi connectivity index (χ0v) is 9.62. The maximum atomic E-state index is 10.6. The molecule has 2 heterocycles. The van der Waals surface area contributed by atoms with Gasteiger partial charge in [-0.15, -0.1) is 11.3 Å². The van der Waals surface area contributed by atoms with Crippen LogP contribution in [0.1, 0.15) is 0 Å². The van der Waals surface area contributed by atoms with E-state index >= 15 is 0 Å². The Morgan fingerprint density at radius 1 is 1.50 bits per heavy atom. The summed E-state index contributed by atoms with van der Waals surface area (Å²) in [4.78, 5) is 14.2. The Bertz CT molecular complexity index is 513. The van der Waals surface area contributed by atoms with Crippen LogP contribution in [0.4, 0.5) is 11.5 Å². The second kappa shape index (κ2) is 4.50. The summed E-state index contributed by atoms with van der Waals surface area (Å²) in [6, 6.07) is 6.50. The molecule has 16 heavy (non-hydrogen) atoms. The van der Waals surface area contributed by atoms with Crippen molar-refractivity contribution in [3.63, 3.8) is 0 Å². The molecule has 82 valence electrons. The van der Waals surface area contributed by atoms with E-state index in [9.17, 15) is 10.1 Å². The number of thiophene rings is 1. The van der Waals surface area contributed by atoms with Gasteiger partial charge in [-0.2, -0.15) is 0 Å². The van der Waals surface area contributed by atoms with Gasteiger partial charge in [-0.05, 0) is 11.4 Å². The summed E-state index contributed by atoms with van der Waals surface area (Å²) >= 11 is 2.91. The van der Waals surface area contributed by atoms with Gasteiger partial charge in [0.05, 0.1) is 15.2 Å². The number of aromatic nitrogens is 1. The molecule has 0 saturated heterocycles. The summed E-state index contributed by atoms with van der Waals surface area (Å²) in [6.07, 6.45) is 0. The molecule has 2 aromatic heterocycles. The van der Waals surface area contributed by atoms with Crippen molar-refractivity contribution in [1.29, 1.82) is 0 Å².